The molecule has 1 N–H and O–H groups in total. The summed E-state index contributed by atoms with van der Waals surface area (Å²) >= 11 is 5.69. The van der Waals surface area contributed by atoms with E-state index in [-0.39, 0.29) is 11.1 Å². The molecule has 0 aliphatic rings. The molecule has 0 heterocycles. The lowest BCUT2D eigenvalue weighted by Crippen LogP contribution is -2.18. The van der Waals surface area contributed by atoms with Crippen LogP contribution in [0.4, 0.5) is 13.2 Å². The third-order valence-electron chi connectivity index (χ3n) is 3.04. The van der Waals surface area contributed by atoms with E-state index in [1.54, 1.807) is 6.07 Å². The average molecular weight is 300 g/mol. The van der Waals surface area contributed by atoms with Crippen LogP contribution >= 0.6 is 11.6 Å². The third kappa shape index (κ3) is 3.52. The van der Waals surface area contributed by atoms with E-state index in [0.29, 0.717) is 12.1 Å². The standard InChI is InChI=1S/C15H13ClF3N/c1-9(11-3-5-14(18)15(19)7-11)20-8-10-2-4-13(17)12(16)6-10/h2-7,9,20H,8H2,1H3. The van der Waals surface area contributed by atoms with Gasteiger partial charge in [-0.15, -0.1) is 0 Å². The lowest BCUT2D eigenvalue weighted by Gasteiger charge is -2.14. The Bertz CT molecular complexity index is 616. The maximum Gasteiger partial charge on any atom is 0.159 e. The van der Waals surface area contributed by atoms with Gasteiger partial charge in [0, 0.05) is 12.6 Å². The van der Waals surface area contributed by atoms with Crippen LogP contribution in [0.3, 0.4) is 0 Å². The first-order valence-electron chi connectivity index (χ1n) is 6.09. The Labute approximate surface area is 120 Å². The van der Waals surface area contributed by atoms with E-state index >= 15 is 0 Å². The quantitative estimate of drug-likeness (QED) is 0.869. The molecule has 0 radical (unpaired) electrons. The molecule has 1 atom stereocenters. The van der Waals surface area contributed by atoms with Crippen LogP contribution < -0.4 is 5.32 Å². The van der Waals surface area contributed by atoms with E-state index in [4.69, 9.17) is 11.6 Å². The Kier molecular flexibility index (Phi) is 4.68. The van der Waals surface area contributed by atoms with Gasteiger partial charge >= 0.3 is 0 Å². The highest BCUT2D eigenvalue weighted by atomic mass is 35.5. The van der Waals surface area contributed by atoms with E-state index in [1.807, 2.05) is 6.92 Å². The van der Waals surface area contributed by atoms with Gasteiger partial charge in [-0.1, -0.05) is 23.7 Å². The zero-order chi connectivity index (χ0) is 14.7. The highest BCUT2D eigenvalue weighted by molar-refractivity contribution is 6.30. The van der Waals surface area contributed by atoms with Gasteiger partial charge in [-0.25, -0.2) is 13.2 Å². The zero-order valence-corrected chi connectivity index (χ0v) is 11.5. The van der Waals surface area contributed by atoms with E-state index in [0.717, 1.165) is 17.7 Å². The maximum absolute atomic E-state index is 13.1. The van der Waals surface area contributed by atoms with Crippen molar-refractivity contribution < 1.29 is 13.2 Å². The number of hydrogen-bond acceptors (Lipinski definition) is 1. The molecule has 106 valence electrons. The summed E-state index contributed by atoms with van der Waals surface area (Å²) in [5, 5.41) is 3.20. The lowest BCUT2D eigenvalue weighted by molar-refractivity contribution is 0.500. The summed E-state index contributed by atoms with van der Waals surface area (Å²) in [4.78, 5) is 0. The molecule has 2 aromatic carbocycles. The van der Waals surface area contributed by atoms with E-state index in [1.165, 1.54) is 18.2 Å². The van der Waals surface area contributed by atoms with Crippen LogP contribution in [0.5, 0.6) is 0 Å². The molecule has 0 aromatic heterocycles. The molecule has 0 saturated heterocycles. The predicted octanol–water partition coefficient (Wildman–Crippen LogP) is 4.61. The highest BCUT2D eigenvalue weighted by Gasteiger charge is 2.09. The minimum absolute atomic E-state index is 0.0600. The summed E-state index contributed by atoms with van der Waals surface area (Å²) in [7, 11) is 0. The average Bonchev–Trinajstić information content (AvgIpc) is 2.43. The summed E-state index contributed by atoms with van der Waals surface area (Å²) in [6.45, 7) is 2.28. The molecule has 0 aliphatic carbocycles. The molecule has 1 unspecified atom stereocenters. The van der Waals surface area contributed by atoms with Gasteiger partial charge in [-0.05, 0) is 42.3 Å². The molecule has 0 spiro atoms. The molecule has 5 heteroatoms. The maximum atomic E-state index is 13.1. The van der Waals surface area contributed by atoms with Gasteiger partial charge in [0.1, 0.15) is 5.82 Å². The van der Waals surface area contributed by atoms with Gasteiger partial charge in [0.25, 0.3) is 0 Å². The van der Waals surface area contributed by atoms with Crippen molar-refractivity contribution >= 4 is 11.6 Å². The van der Waals surface area contributed by atoms with Gasteiger partial charge in [-0.3, -0.25) is 0 Å². The lowest BCUT2D eigenvalue weighted by atomic mass is 10.1. The molecule has 0 bridgehead atoms. The monoisotopic (exact) mass is 299 g/mol. The van der Waals surface area contributed by atoms with Crippen LogP contribution in [0.15, 0.2) is 36.4 Å². The van der Waals surface area contributed by atoms with Crippen LogP contribution in [0.1, 0.15) is 24.1 Å². The molecule has 2 aromatic rings. The first-order chi connectivity index (χ1) is 9.47. The Balaban J connectivity index is 2.02. The van der Waals surface area contributed by atoms with Gasteiger partial charge in [0.15, 0.2) is 11.6 Å². The fraction of sp³-hybridized carbons (Fsp3) is 0.200. The molecular weight excluding hydrogens is 287 g/mol. The summed E-state index contributed by atoms with van der Waals surface area (Å²) in [6.07, 6.45) is 0. The molecule has 1 nitrogen and oxygen atoms in total. The number of benzene rings is 2. The highest BCUT2D eigenvalue weighted by Crippen LogP contribution is 2.19. The molecule has 0 fully saturated rings. The fourth-order valence-electron chi connectivity index (χ4n) is 1.82. The van der Waals surface area contributed by atoms with Gasteiger partial charge in [0.2, 0.25) is 0 Å². The minimum atomic E-state index is -0.874. The van der Waals surface area contributed by atoms with Crippen molar-refractivity contribution in [3.05, 3.63) is 70.0 Å². The Morgan fingerprint density at radius 2 is 1.70 bits per heavy atom. The van der Waals surface area contributed by atoms with Crippen molar-refractivity contribution in [3.63, 3.8) is 0 Å². The van der Waals surface area contributed by atoms with E-state index in [9.17, 15) is 13.2 Å². The number of rotatable bonds is 4. The molecular formula is C15H13ClF3N. The summed E-state index contributed by atoms with van der Waals surface area (Å²) < 4.78 is 39.0. The third-order valence-corrected chi connectivity index (χ3v) is 3.33. The zero-order valence-electron chi connectivity index (χ0n) is 10.8. The predicted molar refractivity (Wildman–Crippen MR) is 73.0 cm³/mol. The second-order valence-corrected chi connectivity index (χ2v) is 4.93. The van der Waals surface area contributed by atoms with E-state index < -0.39 is 17.5 Å². The molecule has 2 rings (SSSR count). The Morgan fingerprint density at radius 1 is 1.00 bits per heavy atom. The van der Waals surface area contributed by atoms with Crippen LogP contribution in [-0.4, -0.2) is 0 Å². The summed E-state index contributed by atoms with van der Waals surface area (Å²) in [6, 6.07) is 8.04. The van der Waals surface area contributed by atoms with Crippen LogP contribution in [0.2, 0.25) is 5.02 Å². The van der Waals surface area contributed by atoms with Crippen LogP contribution in [0.25, 0.3) is 0 Å². The number of halogens is 4. The second kappa shape index (κ2) is 6.29. The summed E-state index contributed by atoms with van der Waals surface area (Å²) in [5.41, 5.74) is 1.45. The Hall–Kier alpha value is -1.52. The van der Waals surface area contributed by atoms with Gasteiger partial charge in [-0.2, -0.15) is 0 Å². The van der Waals surface area contributed by atoms with Gasteiger partial charge in [0.05, 0.1) is 5.02 Å². The van der Waals surface area contributed by atoms with Crippen molar-refractivity contribution in [2.45, 2.75) is 19.5 Å². The summed E-state index contributed by atoms with van der Waals surface area (Å²) in [5.74, 6) is -2.21. The van der Waals surface area contributed by atoms with Crippen LogP contribution in [0, 0.1) is 17.5 Å². The fourth-order valence-corrected chi connectivity index (χ4v) is 2.02. The van der Waals surface area contributed by atoms with Crippen molar-refractivity contribution in [1.29, 1.82) is 0 Å². The first kappa shape index (κ1) is 14.9. The first-order valence-corrected chi connectivity index (χ1v) is 6.47. The minimum Gasteiger partial charge on any atom is -0.306 e. The molecule has 0 aliphatic heterocycles. The Morgan fingerprint density at radius 3 is 2.35 bits per heavy atom. The van der Waals surface area contributed by atoms with Crippen molar-refractivity contribution in [2.24, 2.45) is 0 Å². The van der Waals surface area contributed by atoms with Crippen molar-refractivity contribution in [3.8, 4) is 0 Å². The molecule has 0 saturated carbocycles. The van der Waals surface area contributed by atoms with Gasteiger partial charge < -0.3 is 5.32 Å². The molecule has 20 heavy (non-hydrogen) atoms. The topological polar surface area (TPSA) is 12.0 Å². The van der Waals surface area contributed by atoms with Crippen LogP contribution in [-0.2, 0) is 6.54 Å². The smallest absolute Gasteiger partial charge is 0.159 e. The largest absolute Gasteiger partial charge is 0.306 e. The van der Waals surface area contributed by atoms with Crippen molar-refractivity contribution in [2.75, 3.05) is 0 Å². The number of nitrogens with one attached hydrogen (secondary N) is 1. The molecule has 0 amide bonds. The van der Waals surface area contributed by atoms with E-state index in [2.05, 4.69) is 5.32 Å². The number of hydrogen-bond donors (Lipinski definition) is 1. The second-order valence-electron chi connectivity index (χ2n) is 4.52. The SMILES string of the molecule is CC(NCc1ccc(F)c(Cl)c1)c1ccc(F)c(F)c1. The normalized spacial score (nSPS) is 12.4. The van der Waals surface area contributed by atoms with Crippen molar-refractivity contribution in [1.82, 2.24) is 5.32 Å².